The van der Waals surface area contributed by atoms with Crippen LogP contribution in [-0.4, -0.2) is 36.8 Å². The Morgan fingerprint density at radius 1 is 1.35 bits per heavy atom. The molecule has 96 valence electrons. The van der Waals surface area contributed by atoms with Crippen LogP contribution in [0.3, 0.4) is 0 Å². The van der Waals surface area contributed by atoms with Gasteiger partial charge < -0.3 is 9.64 Å². The second-order valence-corrected chi connectivity index (χ2v) is 4.65. The molecule has 5 heteroatoms. The molecule has 1 rings (SSSR count). The molecule has 17 heavy (non-hydrogen) atoms. The number of nitrogens with zero attached hydrogens (tertiary/aromatic N) is 3. The van der Waals surface area contributed by atoms with Crippen molar-refractivity contribution < 1.29 is 4.74 Å². The van der Waals surface area contributed by atoms with Crippen LogP contribution >= 0.6 is 15.9 Å². The van der Waals surface area contributed by atoms with Crippen LogP contribution in [0.1, 0.15) is 26.1 Å². The van der Waals surface area contributed by atoms with E-state index < -0.39 is 0 Å². The van der Waals surface area contributed by atoms with Crippen LogP contribution in [-0.2, 0) is 11.2 Å². The molecule has 1 aromatic heterocycles. The van der Waals surface area contributed by atoms with E-state index in [2.05, 4.69) is 37.7 Å². The summed E-state index contributed by atoms with van der Waals surface area (Å²) >= 11 is 3.42. The standard InChI is InChI=1S/C12H20BrN3O/c1-4-6-11-14-10(13)9-12(15-11)16(3)7-8-17-5-2/h9H,4-8H2,1-3H3. The average Bonchev–Trinajstić information content (AvgIpc) is 2.29. The third-order valence-electron chi connectivity index (χ3n) is 2.37. The summed E-state index contributed by atoms with van der Waals surface area (Å²) in [6.45, 7) is 6.44. The second kappa shape index (κ2) is 7.61. The van der Waals surface area contributed by atoms with Gasteiger partial charge in [0, 0.05) is 32.7 Å². The summed E-state index contributed by atoms with van der Waals surface area (Å²) in [6, 6.07) is 1.94. The van der Waals surface area contributed by atoms with Crippen LogP contribution in [0.4, 0.5) is 5.82 Å². The van der Waals surface area contributed by atoms with Gasteiger partial charge >= 0.3 is 0 Å². The highest BCUT2D eigenvalue weighted by Gasteiger charge is 2.06. The number of aromatic nitrogens is 2. The normalized spacial score (nSPS) is 10.6. The summed E-state index contributed by atoms with van der Waals surface area (Å²) in [4.78, 5) is 11.0. The molecule has 0 spiro atoms. The van der Waals surface area contributed by atoms with Gasteiger partial charge in [-0.15, -0.1) is 0 Å². The molecule has 0 aromatic carbocycles. The minimum absolute atomic E-state index is 0.720. The van der Waals surface area contributed by atoms with Crippen LogP contribution in [0.25, 0.3) is 0 Å². The van der Waals surface area contributed by atoms with Crippen LogP contribution in [0.2, 0.25) is 0 Å². The van der Waals surface area contributed by atoms with Crippen molar-refractivity contribution in [2.24, 2.45) is 0 Å². The molecule has 1 aromatic rings. The highest BCUT2D eigenvalue weighted by atomic mass is 79.9. The Labute approximate surface area is 112 Å². The van der Waals surface area contributed by atoms with E-state index in [-0.39, 0.29) is 0 Å². The minimum Gasteiger partial charge on any atom is -0.380 e. The number of aryl methyl sites for hydroxylation is 1. The van der Waals surface area contributed by atoms with Crippen LogP contribution in [0.5, 0.6) is 0 Å². The van der Waals surface area contributed by atoms with Crippen LogP contribution in [0.15, 0.2) is 10.7 Å². The number of rotatable bonds is 7. The first-order valence-corrected chi connectivity index (χ1v) is 6.79. The van der Waals surface area contributed by atoms with E-state index in [4.69, 9.17) is 4.74 Å². The van der Waals surface area contributed by atoms with Gasteiger partial charge in [-0.1, -0.05) is 6.92 Å². The van der Waals surface area contributed by atoms with E-state index in [1.807, 2.05) is 20.0 Å². The van der Waals surface area contributed by atoms with Crippen LogP contribution in [0, 0.1) is 0 Å². The number of anilines is 1. The van der Waals surface area contributed by atoms with Crippen molar-refractivity contribution in [3.63, 3.8) is 0 Å². The fourth-order valence-corrected chi connectivity index (χ4v) is 1.85. The molecule has 0 bridgehead atoms. The lowest BCUT2D eigenvalue weighted by Crippen LogP contribution is -2.24. The predicted octanol–water partition coefficient (Wildman–Crippen LogP) is 2.66. The van der Waals surface area contributed by atoms with Gasteiger partial charge in [-0.05, 0) is 29.3 Å². The maximum absolute atomic E-state index is 5.34. The van der Waals surface area contributed by atoms with Gasteiger partial charge in [-0.25, -0.2) is 9.97 Å². The first-order chi connectivity index (χ1) is 8.17. The van der Waals surface area contributed by atoms with Crippen LogP contribution < -0.4 is 4.90 Å². The maximum atomic E-state index is 5.34. The van der Waals surface area contributed by atoms with E-state index in [9.17, 15) is 0 Å². The van der Waals surface area contributed by atoms with Gasteiger partial charge in [0.15, 0.2) is 0 Å². The molecule has 1 heterocycles. The third-order valence-corrected chi connectivity index (χ3v) is 2.77. The quantitative estimate of drug-likeness (QED) is 0.573. The van der Waals surface area contributed by atoms with E-state index in [0.717, 1.165) is 48.8 Å². The van der Waals surface area contributed by atoms with E-state index in [1.165, 1.54) is 0 Å². The monoisotopic (exact) mass is 301 g/mol. The lowest BCUT2D eigenvalue weighted by Gasteiger charge is -2.18. The summed E-state index contributed by atoms with van der Waals surface area (Å²) in [6.07, 6.45) is 1.96. The van der Waals surface area contributed by atoms with E-state index in [0.29, 0.717) is 0 Å². The Morgan fingerprint density at radius 3 is 2.76 bits per heavy atom. The Bertz CT molecular complexity index is 347. The second-order valence-electron chi connectivity index (χ2n) is 3.83. The van der Waals surface area contributed by atoms with Gasteiger partial charge in [-0.2, -0.15) is 0 Å². The summed E-state index contributed by atoms with van der Waals surface area (Å²) in [7, 11) is 2.02. The molecule has 0 radical (unpaired) electrons. The molecule has 0 saturated heterocycles. The van der Waals surface area contributed by atoms with Gasteiger partial charge in [0.25, 0.3) is 0 Å². The first kappa shape index (κ1) is 14.4. The molecular formula is C12H20BrN3O. The lowest BCUT2D eigenvalue weighted by molar-refractivity contribution is 0.154. The summed E-state index contributed by atoms with van der Waals surface area (Å²) in [5, 5.41) is 0. The van der Waals surface area contributed by atoms with Gasteiger partial charge in [0.2, 0.25) is 0 Å². The van der Waals surface area contributed by atoms with Crippen molar-refractivity contribution in [3.05, 3.63) is 16.5 Å². The molecule has 0 fully saturated rings. The lowest BCUT2D eigenvalue weighted by atomic mass is 10.3. The number of ether oxygens (including phenoxy) is 1. The summed E-state index contributed by atoms with van der Waals surface area (Å²) in [5.41, 5.74) is 0. The van der Waals surface area contributed by atoms with Crippen molar-refractivity contribution in [3.8, 4) is 0 Å². The Morgan fingerprint density at radius 2 is 2.12 bits per heavy atom. The molecule has 0 amide bonds. The maximum Gasteiger partial charge on any atom is 0.133 e. The molecule has 0 atom stereocenters. The summed E-state index contributed by atoms with van der Waals surface area (Å²) < 4.78 is 6.18. The minimum atomic E-state index is 0.720. The average molecular weight is 302 g/mol. The largest absolute Gasteiger partial charge is 0.380 e. The highest BCUT2D eigenvalue weighted by Crippen LogP contribution is 2.16. The zero-order chi connectivity index (χ0) is 12.7. The molecule has 0 saturated carbocycles. The third kappa shape index (κ3) is 5.00. The van der Waals surface area contributed by atoms with Gasteiger partial charge in [-0.3, -0.25) is 0 Å². The van der Waals surface area contributed by atoms with E-state index >= 15 is 0 Å². The smallest absolute Gasteiger partial charge is 0.133 e. The SMILES string of the molecule is CCCc1nc(Br)cc(N(C)CCOCC)n1. The summed E-state index contributed by atoms with van der Waals surface area (Å²) in [5.74, 6) is 1.83. The Kier molecular flexibility index (Phi) is 6.44. The molecule has 4 nitrogen and oxygen atoms in total. The highest BCUT2D eigenvalue weighted by molar-refractivity contribution is 9.10. The molecular weight excluding hydrogens is 282 g/mol. The van der Waals surface area contributed by atoms with Crippen molar-refractivity contribution in [1.82, 2.24) is 9.97 Å². The van der Waals surface area contributed by atoms with Crippen molar-refractivity contribution >= 4 is 21.7 Å². The van der Waals surface area contributed by atoms with Crippen molar-refractivity contribution in [2.75, 3.05) is 31.7 Å². The zero-order valence-corrected chi connectivity index (χ0v) is 12.3. The number of hydrogen-bond donors (Lipinski definition) is 0. The van der Waals surface area contributed by atoms with Gasteiger partial charge in [0.05, 0.1) is 6.61 Å². The van der Waals surface area contributed by atoms with E-state index in [1.54, 1.807) is 0 Å². The van der Waals surface area contributed by atoms with Gasteiger partial charge in [0.1, 0.15) is 16.2 Å². The predicted molar refractivity (Wildman–Crippen MR) is 73.5 cm³/mol. The fraction of sp³-hybridized carbons (Fsp3) is 0.667. The molecule has 0 aliphatic carbocycles. The number of likely N-dealkylation sites (N-methyl/N-ethyl adjacent to an activating group) is 1. The molecule has 0 aliphatic rings. The van der Waals surface area contributed by atoms with Crippen molar-refractivity contribution in [2.45, 2.75) is 26.7 Å². The zero-order valence-electron chi connectivity index (χ0n) is 10.7. The molecule has 0 N–H and O–H groups in total. The number of hydrogen-bond acceptors (Lipinski definition) is 4. The molecule has 0 unspecified atom stereocenters. The first-order valence-electron chi connectivity index (χ1n) is 5.99. The molecule has 0 aliphatic heterocycles. The topological polar surface area (TPSA) is 38.2 Å². The van der Waals surface area contributed by atoms with Crippen molar-refractivity contribution in [1.29, 1.82) is 0 Å². The number of halogens is 1. The fourth-order valence-electron chi connectivity index (χ4n) is 1.44. The Balaban J connectivity index is 2.67. The Hall–Kier alpha value is -0.680.